The minimum Gasteiger partial charge on any atom is -0.425 e. The Morgan fingerprint density at radius 1 is 1.62 bits per heavy atom. The highest BCUT2D eigenvalue weighted by atomic mass is 19.1. The first-order chi connectivity index (χ1) is 6.27. The molecule has 0 heterocycles. The summed E-state index contributed by atoms with van der Waals surface area (Å²) in [5.74, 6) is 0.137. The molecule has 2 nitrogen and oxygen atoms in total. The van der Waals surface area contributed by atoms with Crippen LogP contribution in [-0.2, 0) is 0 Å². The van der Waals surface area contributed by atoms with Crippen LogP contribution in [0.1, 0.15) is 5.56 Å². The monoisotopic (exact) mass is 177 g/mol. The molecule has 0 fully saturated rings. The van der Waals surface area contributed by atoms with E-state index < -0.39 is 0 Å². The Morgan fingerprint density at radius 2 is 2.38 bits per heavy atom. The molecule has 0 aliphatic carbocycles. The fourth-order valence-corrected chi connectivity index (χ4v) is 0.912. The van der Waals surface area contributed by atoms with Gasteiger partial charge in [-0.05, 0) is 18.2 Å². The molecule has 0 saturated carbocycles. The normalized spacial score (nSPS) is 8.92. The van der Waals surface area contributed by atoms with Gasteiger partial charge in [0.1, 0.15) is 11.6 Å². The molecule has 0 radical (unpaired) electrons. The van der Waals surface area contributed by atoms with Gasteiger partial charge in [-0.25, -0.2) is 11.0 Å². The second-order valence-corrected chi connectivity index (χ2v) is 2.32. The second kappa shape index (κ2) is 4.27. The maximum atomic E-state index is 12.7. The van der Waals surface area contributed by atoms with Gasteiger partial charge in [-0.15, -0.1) is 0 Å². The first kappa shape index (κ1) is 9.27. The number of nitrogens with zero attached hydrogens (tertiary/aromatic N) is 1. The van der Waals surface area contributed by atoms with Crippen LogP contribution in [0.4, 0.5) is 4.39 Å². The zero-order chi connectivity index (χ0) is 9.68. The molecule has 0 saturated heterocycles. The molecule has 1 aromatic rings. The Morgan fingerprint density at radius 3 is 3.00 bits per heavy atom. The zero-order valence-corrected chi connectivity index (χ0v) is 6.96. The first-order valence-electron chi connectivity index (χ1n) is 3.66. The minimum absolute atomic E-state index is 0.0630. The summed E-state index contributed by atoms with van der Waals surface area (Å²) in [4.78, 5) is 3.03. The molecule has 0 aromatic heterocycles. The largest absolute Gasteiger partial charge is 0.425 e. The topological polar surface area (TPSA) is 13.6 Å². The molecular weight excluding hydrogens is 169 g/mol. The van der Waals surface area contributed by atoms with Crippen molar-refractivity contribution in [2.75, 3.05) is 6.73 Å². The molecule has 0 unspecified atom stereocenters. The molecular formula is C10H8FNO. The van der Waals surface area contributed by atoms with Crippen molar-refractivity contribution in [2.45, 2.75) is 0 Å². The van der Waals surface area contributed by atoms with Gasteiger partial charge in [-0.1, -0.05) is 12.7 Å². The van der Waals surface area contributed by atoms with Crippen molar-refractivity contribution in [3.63, 3.8) is 0 Å². The molecule has 1 aromatic carbocycles. The van der Waals surface area contributed by atoms with Crippen LogP contribution in [-0.4, -0.2) is 6.73 Å². The van der Waals surface area contributed by atoms with Crippen LogP contribution in [0.15, 0.2) is 24.8 Å². The highest BCUT2D eigenvalue weighted by molar-refractivity contribution is 5.55. The van der Waals surface area contributed by atoms with Crippen LogP contribution in [0.5, 0.6) is 5.75 Å². The molecule has 66 valence electrons. The van der Waals surface area contributed by atoms with Crippen molar-refractivity contribution < 1.29 is 9.13 Å². The van der Waals surface area contributed by atoms with E-state index in [0.717, 1.165) is 0 Å². The van der Waals surface area contributed by atoms with Gasteiger partial charge in [0, 0.05) is 5.56 Å². The molecule has 0 N–H and O–H groups in total. The highest BCUT2D eigenvalue weighted by Crippen LogP contribution is 2.20. The summed E-state index contributed by atoms with van der Waals surface area (Å²) in [5, 5.41) is 0. The maximum Gasteiger partial charge on any atom is 0.357 e. The second-order valence-electron chi connectivity index (χ2n) is 2.32. The molecule has 0 spiro atoms. The van der Waals surface area contributed by atoms with Crippen molar-refractivity contribution in [2.24, 2.45) is 0 Å². The summed E-state index contributed by atoms with van der Waals surface area (Å²) in [6.45, 7) is 9.98. The Kier molecular flexibility index (Phi) is 3.04. The number of hydrogen-bond acceptors (Lipinski definition) is 1. The molecule has 0 atom stereocenters. The molecule has 0 aliphatic heterocycles. The number of rotatable bonds is 3. The van der Waals surface area contributed by atoms with Crippen LogP contribution in [0, 0.1) is 12.4 Å². The van der Waals surface area contributed by atoms with Crippen molar-refractivity contribution in [1.82, 2.24) is 0 Å². The summed E-state index contributed by atoms with van der Waals surface area (Å²) in [6, 6.07) is 4.08. The van der Waals surface area contributed by atoms with Crippen molar-refractivity contribution >= 4 is 6.08 Å². The lowest BCUT2D eigenvalue weighted by Crippen LogP contribution is -1.94. The summed E-state index contributed by atoms with van der Waals surface area (Å²) < 4.78 is 17.7. The minimum atomic E-state index is -0.343. The Hall–Kier alpha value is -1.82. The summed E-state index contributed by atoms with van der Waals surface area (Å²) >= 11 is 0. The molecule has 0 bridgehead atoms. The quantitative estimate of drug-likeness (QED) is 0.647. The van der Waals surface area contributed by atoms with E-state index in [9.17, 15) is 4.39 Å². The van der Waals surface area contributed by atoms with Crippen LogP contribution >= 0.6 is 0 Å². The van der Waals surface area contributed by atoms with Gasteiger partial charge < -0.3 is 4.74 Å². The maximum absolute atomic E-state index is 12.7. The van der Waals surface area contributed by atoms with E-state index in [4.69, 9.17) is 11.3 Å². The summed E-state index contributed by atoms with van der Waals surface area (Å²) in [7, 11) is 0. The van der Waals surface area contributed by atoms with Crippen molar-refractivity contribution in [1.29, 1.82) is 0 Å². The standard InChI is InChI=1S/C10H8FNO/c1-3-8-6-9(11)4-5-10(8)13-7-12-2/h3-6H,1,7H2. The molecule has 0 amide bonds. The third-order valence-electron chi connectivity index (χ3n) is 1.48. The summed E-state index contributed by atoms with van der Waals surface area (Å²) in [6.07, 6.45) is 1.49. The average molecular weight is 177 g/mol. The van der Waals surface area contributed by atoms with Crippen molar-refractivity contribution in [3.05, 3.63) is 47.6 Å². The Bertz CT molecular complexity index is 354. The van der Waals surface area contributed by atoms with Gasteiger partial charge in [-0.2, -0.15) is 0 Å². The van der Waals surface area contributed by atoms with Gasteiger partial charge in [0.15, 0.2) is 0 Å². The molecule has 1 rings (SSSR count). The van der Waals surface area contributed by atoms with E-state index >= 15 is 0 Å². The van der Waals surface area contributed by atoms with E-state index in [1.807, 2.05) is 0 Å². The smallest absolute Gasteiger partial charge is 0.357 e. The first-order valence-corrected chi connectivity index (χ1v) is 3.66. The van der Waals surface area contributed by atoms with E-state index in [1.165, 1.54) is 24.3 Å². The number of ether oxygens (including phenoxy) is 1. The number of hydrogen-bond donors (Lipinski definition) is 0. The summed E-state index contributed by atoms with van der Waals surface area (Å²) in [5.41, 5.74) is 0.559. The Labute approximate surface area is 76.1 Å². The lowest BCUT2D eigenvalue weighted by Gasteiger charge is -2.03. The fraction of sp³-hybridized carbons (Fsp3) is 0.100. The molecule has 0 aliphatic rings. The van der Waals surface area contributed by atoms with E-state index in [1.54, 1.807) is 0 Å². The van der Waals surface area contributed by atoms with Gasteiger partial charge in [0.25, 0.3) is 0 Å². The Balaban J connectivity index is 2.93. The number of benzene rings is 1. The third-order valence-corrected chi connectivity index (χ3v) is 1.48. The van der Waals surface area contributed by atoms with Crippen LogP contribution < -0.4 is 4.74 Å². The number of halogens is 1. The lowest BCUT2D eigenvalue weighted by atomic mass is 10.2. The molecule has 13 heavy (non-hydrogen) atoms. The predicted octanol–water partition coefficient (Wildman–Crippen LogP) is 2.72. The van der Waals surface area contributed by atoms with Crippen molar-refractivity contribution in [3.8, 4) is 5.75 Å². The van der Waals surface area contributed by atoms with Crippen LogP contribution in [0.3, 0.4) is 0 Å². The highest BCUT2D eigenvalue weighted by Gasteiger charge is 2.02. The van der Waals surface area contributed by atoms with Crippen LogP contribution in [0.2, 0.25) is 0 Å². The average Bonchev–Trinajstić information content (AvgIpc) is 2.16. The SMILES string of the molecule is [C-]#[N+]COc1ccc(F)cc1C=C. The predicted molar refractivity (Wildman–Crippen MR) is 48.6 cm³/mol. The van der Waals surface area contributed by atoms with E-state index in [2.05, 4.69) is 11.4 Å². The third kappa shape index (κ3) is 2.31. The van der Waals surface area contributed by atoms with E-state index in [-0.39, 0.29) is 12.5 Å². The van der Waals surface area contributed by atoms with Gasteiger partial charge in [0.2, 0.25) is 0 Å². The van der Waals surface area contributed by atoms with Gasteiger partial charge in [0.05, 0.1) is 0 Å². The van der Waals surface area contributed by atoms with E-state index in [0.29, 0.717) is 11.3 Å². The fourth-order valence-electron chi connectivity index (χ4n) is 0.912. The van der Waals surface area contributed by atoms with Crippen LogP contribution in [0.25, 0.3) is 10.9 Å². The molecule has 3 heteroatoms. The van der Waals surface area contributed by atoms with Gasteiger partial charge >= 0.3 is 6.73 Å². The lowest BCUT2D eigenvalue weighted by molar-refractivity contribution is 0.359. The van der Waals surface area contributed by atoms with Gasteiger partial charge in [-0.3, -0.25) is 4.85 Å². The zero-order valence-electron chi connectivity index (χ0n) is 6.96.